The van der Waals surface area contributed by atoms with Crippen LogP contribution in [0.2, 0.25) is 0 Å². The maximum atomic E-state index is 5.49. The molecule has 13 rings (SSSR count). The van der Waals surface area contributed by atoms with Crippen LogP contribution in [0.1, 0.15) is 0 Å². The minimum absolute atomic E-state index is 0.544. The van der Waals surface area contributed by atoms with Crippen LogP contribution in [0.15, 0.2) is 261 Å². The minimum atomic E-state index is -2.78. The number of nitrogens with zero attached hydrogens (tertiary/aromatic N) is 5. The Hall–Kier alpha value is -8.97. The lowest BCUT2D eigenvalue weighted by Crippen LogP contribution is -2.74. The average molecular weight is 898 g/mol. The Morgan fingerprint density at radius 1 is 0.246 bits per heavy atom. The molecule has 0 N–H and O–H groups in total. The van der Waals surface area contributed by atoms with Crippen LogP contribution in [0.5, 0.6) is 0 Å². The van der Waals surface area contributed by atoms with Gasteiger partial charge in [0.05, 0.1) is 22.1 Å². The van der Waals surface area contributed by atoms with Gasteiger partial charge in [-0.2, -0.15) is 15.0 Å². The van der Waals surface area contributed by atoms with Crippen LogP contribution >= 0.6 is 0 Å². The van der Waals surface area contributed by atoms with E-state index in [1.807, 2.05) is 0 Å². The zero-order chi connectivity index (χ0) is 45.7. The smallest absolute Gasteiger partial charge is 0.240 e. The van der Waals surface area contributed by atoms with Gasteiger partial charge in [-0.3, -0.25) is 9.13 Å². The summed E-state index contributed by atoms with van der Waals surface area (Å²) in [4.78, 5) is 16.4. The van der Waals surface area contributed by atoms with Gasteiger partial charge in [-0.05, 0) is 79.4 Å². The number of benzene rings is 10. The summed E-state index contributed by atoms with van der Waals surface area (Å²) in [6, 6.07) is 93.9. The molecule has 0 amide bonds. The Morgan fingerprint density at radius 3 is 1.00 bits per heavy atom. The number of fused-ring (bicyclic) bond motifs is 6. The number of rotatable bonds is 9. The van der Waals surface area contributed by atoms with Crippen molar-refractivity contribution in [1.29, 1.82) is 0 Å². The van der Waals surface area contributed by atoms with Crippen LogP contribution in [0, 0.1) is 0 Å². The van der Waals surface area contributed by atoms with Gasteiger partial charge in [0.2, 0.25) is 11.9 Å². The summed E-state index contributed by atoms with van der Waals surface area (Å²) >= 11 is 0. The van der Waals surface area contributed by atoms with Crippen LogP contribution in [0.3, 0.4) is 0 Å². The molecule has 0 atom stereocenters. The van der Waals surface area contributed by atoms with Crippen molar-refractivity contribution in [3.8, 4) is 45.5 Å². The van der Waals surface area contributed by atoms with E-state index in [0.29, 0.717) is 17.7 Å². The van der Waals surface area contributed by atoms with Crippen molar-refractivity contribution < 1.29 is 0 Å². The lowest BCUT2D eigenvalue weighted by atomic mass is 10.0. The number of hydrogen-bond donors (Lipinski definition) is 0. The Kier molecular flexibility index (Phi) is 9.77. The maximum Gasteiger partial charge on any atom is 0.240 e. The lowest BCUT2D eigenvalue weighted by Gasteiger charge is -2.34. The van der Waals surface area contributed by atoms with E-state index < -0.39 is 8.07 Å². The summed E-state index contributed by atoms with van der Waals surface area (Å²) in [6.45, 7) is 0. The first-order valence-corrected chi connectivity index (χ1v) is 25.4. The third kappa shape index (κ3) is 6.72. The fourth-order valence-electron chi connectivity index (χ4n) is 10.6. The van der Waals surface area contributed by atoms with Gasteiger partial charge < -0.3 is 0 Å². The van der Waals surface area contributed by atoms with Crippen molar-refractivity contribution in [2.75, 3.05) is 0 Å². The molecule has 10 aromatic carbocycles. The fourth-order valence-corrected chi connectivity index (χ4v) is 15.4. The summed E-state index contributed by atoms with van der Waals surface area (Å²) in [5.74, 6) is 1.68. The standard InChI is InChI=1S/C63H43N5Si/c1-6-20-44(21-7-1)47-36-40-59-55(42-47)56-43-48(45-22-8-2-9-23-45)37-41-60(56)68(59)63-65-61(64-62(66-63)67-57-32-18-16-30-53(57)54-31-17-19-33-58(54)67)46-34-38-52(39-35-46)69(49-24-10-3-11-25-49,50-26-12-4-13-27-50)51-28-14-5-15-29-51/h1-43H. The molecule has 0 aliphatic heterocycles. The molecule has 13 aromatic rings. The predicted molar refractivity (Wildman–Crippen MR) is 288 cm³/mol. The van der Waals surface area contributed by atoms with Crippen molar-refractivity contribution >= 4 is 72.4 Å². The molecular weight excluding hydrogens is 855 g/mol. The highest BCUT2D eigenvalue weighted by Gasteiger charge is 2.41. The molecule has 0 fully saturated rings. The van der Waals surface area contributed by atoms with Gasteiger partial charge >= 0.3 is 0 Å². The van der Waals surface area contributed by atoms with E-state index in [9.17, 15) is 0 Å². The van der Waals surface area contributed by atoms with Crippen LogP contribution in [0.4, 0.5) is 0 Å². The second-order valence-electron chi connectivity index (χ2n) is 17.6. The molecule has 0 aliphatic rings. The van der Waals surface area contributed by atoms with E-state index in [0.717, 1.165) is 71.4 Å². The maximum absolute atomic E-state index is 5.49. The Balaban J connectivity index is 1.07. The van der Waals surface area contributed by atoms with Crippen molar-refractivity contribution in [1.82, 2.24) is 24.1 Å². The van der Waals surface area contributed by atoms with Crippen LogP contribution < -0.4 is 20.7 Å². The third-order valence-corrected chi connectivity index (χ3v) is 18.6. The minimum Gasteiger partial charge on any atom is -0.278 e. The van der Waals surface area contributed by atoms with Gasteiger partial charge in [0.25, 0.3) is 0 Å². The molecule has 3 heterocycles. The molecule has 0 spiro atoms. The Morgan fingerprint density at radius 2 is 0.580 bits per heavy atom. The fraction of sp³-hybridized carbons (Fsp3) is 0. The Bertz CT molecular complexity index is 3740. The second-order valence-corrected chi connectivity index (χ2v) is 21.4. The van der Waals surface area contributed by atoms with Gasteiger partial charge in [-0.15, -0.1) is 0 Å². The van der Waals surface area contributed by atoms with Crippen molar-refractivity contribution in [3.05, 3.63) is 261 Å². The van der Waals surface area contributed by atoms with E-state index >= 15 is 0 Å². The monoisotopic (exact) mass is 897 g/mol. The summed E-state index contributed by atoms with van der Waals surface area (Å²) in [5.41, 5.74) is 9.62. The normalized spacial score (nSPS) is 11.8. The first kappa shape index (κ1) is 40.3. The largest absolute Gasteiger partial charge is 0.278 e. The van der Waals surface area contributed by atoms with E-state index in [4.69, 9.17) is 15.0 Å². The van der Waals surface area contributed by atoms with Gasteiger partial charge in [0, 0.05) is 27.1 Å². The van der Waals surface area contributed by atoms with Gasteiger partial charge in [-0.1, -0.05) is 224 Å². The topological polar surface area (TPSA) is 48.5 Å². The molecule has 5 nitrogen and oxygen atoms in total. The number of hydrogen-bond acceptors (Lipinski definition) is 3. The van der Waals surface area contributed by atoms with Crippen LogP contribution in [-0.4, -0.2) is 32.2 Å². The predicted octanol–water partition coefficient (Wildman–Crippen LogP) is 12.4. The third-order valence-electron chi connectivity index (χ3n) is 13.8. The van der Waals surface area contributed by atoms with Crippen LogP contribution in [-0.2, 0) is 0 Å². The number of para-hydroxylation sites is 2. The molecule has 0 saturated carbocycles. The van der Waals surface area contributed by atoms with Gasteiger partial charge in [-0.25, -0.2) is 0 Å². The highest BCUT2D eigenvalue weighted by Crippen LogP contribution is 2.38. The molecule has 0 radical (unpaired) electrons. The molecule has 0 saturated heterocycles. The summed E-state index contributed by atoms with van der Waals surface area (Å²) in [5, 5.41) is 9.77. The summed E-state index contributed by atoms with van der Waals surface area (Å²) in [7, 11) is -2.78. The quantitative estimate of drug-likeness (QED) is 0.107. The zero-order valence-electron chi connectivity index (χ0n) is 37.6. The van der Waals surface area contributed by atoms with Gasteiger partial charge in [0.15, 0.2) is 13.9 Å². The van der Waals surface area contributed by atoms with E-state index in [-0.39, 0.29) is 0 Å². The van der Waals surface area contributed by atoms with E-state index in [1.165, 1.54) is 20.7 Å². The van der Waals surface area contributed by atoms with Crippen molar-refractivity contribution in [2.45, 2.75) is 0 Å². The molecule has 0 bridgehead atoms. The second kappa shape index (κ2) is 16.7. The molecular formula is C63H43N5Si. The molecule has 324 valence electrons. The van der Waals surface area contributed by atoms with Gasteiger partial charge in [0.1, 0.15) is 0 Å². The van der Waals surface area contributed by atoms with E-state index in [1.54, 1.807) is 0 Å². The zero-order valence-corrected chi connectivity index (χ0v) is 38.6. The first-order chi connectivity index (χ1) is 34.2. The highest BCUT2D eigenvalue weighted by atomic mass is 28.3. The summed E-state index contributed by atoms with van der Waals surface area (Å²) in [6.07, 6.45) is 0. The van der Waals surface area contributed by atoms with Crippen LogP contribution in [0.25, 0.3) is 89.2 Å². The molecule has 0 unspecified atom stereocenters. The lowest BCUT2D eigenvalue weighted by molar-refractivity contribution is 0.893. The van der Waals surface area contributed by atoms with Crippen molar-refractivity contribution in [2.24, 2.45) is 0 Å². The van der Waals surface area contributed by atoms with Crippen molar-refractivity contribution in [3.63, 3.8) is 0 Å². The average Bonchev–Trinajstić information content (AvgIpc) is 3.95. The molecule has 0 aliphatic carbocycles. The van der Waals surface area contributed by atoms with E-state index in [2.05, 4.69) is 270 Å². The molecule has 3 aromatic heterocycles. The molecule has 6 heteroatoms. The first-order valence-electron chi connectivity index (χ1n) is 23.4. The number of aromatic nitrogens is 5. The SMILES string of the molecule is c1ccc(-c2ccc3c(c2)c2cc(-c4ccccc4)ccc2n3-c2nc(-c3ccc([Si](c4ccccc4)(c4ccccc4)c4ccccc4)cc3)nc(-n3c4ccccc4c4ccccc43)n2)cc1. The Labute approximate surface area is 400 Å². The molecule has 69 heavy (non-hydrogen) atoms. The summed E-state index contributed by atoms with van der Waals surface area (Å²) < 4.78 is 4.42. The highest BCUT2D eigenvalue weighted by molar-refractivity contribution is 7.19.